The summed E-state index contributed by atoms with van der Waals surface area (Å²) in [6, 6.07) is 6.72. The molecule has 0 spiro atoms. The van der Waals surface area contributed by atoms with E-state index >= 15 is 0 Å². The molecular weight excluding hydrogens is 342 g/mol. The van der Waals surface area contributed by atoms with E-state index in [4.69, 9.17) is 4.74 Å². The fourth-order valence-electron chi connectivity index (χ4n) is 2.80. The first-order valence-corrected chi connectivity index (χ1v) is 9.15. The Morgan fingerprint density at radius 3 is 2.80 bits per heavy atom. The predicted octanol–water partition coefficient (Wildman–Crippen LogP) is 0.295. The van der Waals surface area contributed by atoms with Crippen molar-refractivity contribution in [3.8, 4) is 5.75 Å². The van der Waals surface area contributed by atoms with Crippen LogP contribution in [0.5, 0.6) is 5.75 Å². The molecule has 138 valence electrons. The molecule has 0 unspecified atom stereocenters. The predicted molar refractivity (Wildman–Crippen MR) is 97.8 cm³/mol. The Labute approximate surface area is 152 Å². The largest absolute Gasteiger partial charge is 0.496 e. The molecule has 3 N–H and O–H groups in total. The summed E-state index contributed by atoms with van der Waals surface area (Å²) in [5.41, 5.74) is 0.434. The second-order valence-electron chi connectivity index (χ2n) is 5.94. The van der Waals surface area contributed by atoms with Gasteiger partial charge in [-0.3, -0.25) is 14.5 Å². The zero-order valence-corrected chi connectivity index (χ0v) is 15.5. The van der Waals surface area contributed by atoms with Crippen molar-refractivity contribution in [1.82, 2.24) is 15.5 Å². The number of likely N-dealkylation sites (N-methyl/N-ethyl adjacent to an activating group) is 1. The van der Waals surface area contributed by atoms with E-state index in [1.165, 1.54) is 14.0 Å². The van der Waals surface area contributed by atoms with Crippen molar-refractivity contribution in [2.24, 2.45) is 0 Å². The Hall–Kier alpha value is -1.77. The SMILES string of the molecule is COc1ccccc1C(=O)N[C@@H](CO)[C@H]1SC[C@@H](CNC(C)=O)N1C. The summed E-state index contributed by atoms with van der Waals surface area (Å²) < 4.78 is 5.22. The maximum Gasteiger partial charge on any atom is 0.255 e. The minimum absolute atomic E-state index is 0.0648. The summed E-state index contributed by atoms with van der Waals surface area (Å²) in [7, 11) is 3.46. The van der Waals surface area contributed by atoms with Gasteiger partial charge in [0.25, 0.3) is 5.91 Å². The van der Waals surface area contributed by atoms with Crippen molar-refractivity contribution in [1.29, 1.82) is 0 Å². The van der Waals surface area contributed by atoms with Crippen LogP contribution >= 0.6 is 11.8 Å². The zero-order valence-electron chi connectivity index (χ0n) is 14.7. The highest BCUT2D eigenvalue weighted by atomic mass is 32.2. The minimum atomic E-state index is -0.422. The molecule has 7 nitrogen and oxygen atoms in total. The summed E-state index contributed by atoms with van der Waals surface area (Å²) in [4.78, 5) is 25.8. The Bertz CT molecular complexity index is 613. The Kier molecular flexibility index (Phi) is 7.10. The molecule has 1 heterocycles. The Balaban J connectivity index is 2.02. The second kappa shape index (κ2) is 9.07. The first kappa shape index (κ1) is 19.6. The maximum absolute atomic E-state index is 12.6. The fraction of sp³-hybridized carbons (Fsp3) is 0.529. The third kappa shape index (κ3) is 4.87. The van der Waals surface area contributed by atoms with Crippen molar-refractivity contribution < 1.29 is 19.4 Å². The number of aliphatic hydroxyl groups is 1. The van der Waals surface area contributed by atoms with E-state index in [1.54, 1.807) is 36.0 Å². The van der Waals surface area contributed by atoms with E-state index in [0.29, 0.717) is 17.9 Å². The number of nitrogens with one attached hydrogen (secondary N) is 2. The second-order valence-corrected chi connectivity index (χ2v) is 7.09. The molecule has 0 aliphatic carbocycles. The van der Waals surface area contributed by atoms with Crippen LogP contribution in [0.3, 0.4) is 0 Å². The van der Waals surface area contributed by atoms with E-state index in [0.717, 1.165) is 5.75 Å². The highest BCUT2D eigenvalue weighted by Gasteiger charge is 2.37. The normalized spacial score (nSPS) is 21.6. The summed E-state index contributed by atoms with van der Waals surface area (Å²) in [5.74, 6) is 0.969. The molecule has 1 aliphatic rings. The number of amides is 2. The van der Waals surface area contributed by atoms with E-state index in [1.807, 2.05) is 7.05 Å². The molecule has 1 saturated heterocycles. The monoisotopic (exact) mass is 367 g/mol. The van der Waals surface area contributed by atoms with Crippen molar-refractivity contribution in [3.63, 3.8) is 0 Å². The van der Waals surface area contributed by atoms with E-state index in [9.17, 15) is 14.7 Å². The first-order chi connectivity index (χ1) is 12.0. The van der Waals surface area contributed by atoms with Gasteiger partial charge in [-0.25, -0.2) is 0 Å². The van der Waals surface area contributed by atoms with Gasteiger partial charge in [-0.1, -0.05) is 12.1 Å². The number of carbonyl (C=O) groups excluding carboxylic acids is 2. The number of nitrogens with zero attached hydrogens (tertiary/aromatic N) is 1. The third-order valence-corrected chi connectivity index (χ3v) is 5.81. The third-order valence-electron chi connectivity index (χ3n) is 4.23. The molecule has 0 aromatic heterocycles. The van der Waals surface area contributed by atoms with Gasteiger partial charge >= 0.3 is 0 Å². The van der Waals surface area contributed by atoms with Crippen LogP contribution in [0.1, 0.15) is 17.3 Å². The standard InChI is InChI=1S/C17H25N3O4S/c1-11(22)18-8-12-10-25-17(20(12)2)14(9-21)19-16(23)13-6-4-5-7-15(13)24-3/h4-7,12,14,17,21H,8-10H2,1-3H3,(H,18,22)(H,19,23)/t12-,14+,17-/m1/s1. The lowest BCUT2D eigenvalue weighted by Gasteiger charge is -2.30. The molecular formula is C17H25N3O4S. The van der Waals surface area contributed by atoms with Gasteiger partial charge in [0.1, 0.15) is 5.75 Å². The molecule has 0 radical (unpaired) electrons. The average Bonchev–Trinajstić information content (AvgIpc) is 2.98. The molecule has 1 aromatic carbocycles. The van der Waals surface area contributed by atoms with E-state index < -0.39 is 6.04 Å². The van der Waals surface area contributed by atoms with Crippen molar-refractivity contribution in [2.75, 3.05) is 33.1 Å². The molecule has 1 fully saturated rings. The number of para-hydroxylation sites is 1. The number of thioether (sulfide) groups is 1. The minimum Gasteiger partial charge on any atom is -0.496 e. The van der Waals surface area contributed by atoms with Crippen molar-refractivity contribution in [3.05, 3.63) is 29.8 Å². The van der Waals surface area contributed by atoms with Gasteiger partial charge in [0.15, 0.2) is 0 Å². The van der Waals surface area contributed by atoms with Crippen LogP contribution in [0.25, 0.3) is 0 Å². The van der Waals surface area contributed by atoms with Crippen molar-refractivity contribution >= 4 is 23.6 Å². The molecule has 1 aliphatic heterocycles. The highest BCUT2D eigenvalue weighted by Crippen LogP contribution is 2.30. The molecule has 8 heteroatoms. The van der Waals surface area contributed by atoms with Crippen molar-refractivity contribution in [2.45, 2.75) is 24.4 Å². The molecule has 2 rings (SSSR count). The molecule has 2 amide bonds. The topological polar surface area (TPSA) is 90.9 Å². The van der Waals surface area contributed by atoms with Gasteiger partial charge in [0.05, 0.1) is 30.7 Å². The van der Waals surface area contributed by atoms with Crippen LogP contribution in [0, 0.1) is 0 Å². The van der Waals surface area contributed by atoms with E-state index in [-0.39, 0.29) is 29.8 Å². The number of ether oxygens (including phenoxy) is 1. The van der Waals surface area contributed by atoms with Gasteiger partial charge in [0.2, 0.25) is 5.91 Å². The number of rotatable bonds is 7. The number of aliphatic hydroxyl groups excluding tert-OH is 1. The number of methoxy groups -OCH3 is 1. The summed E-state index contributed by atoms with van der Waals surface area (Å²) in [6.07, 6.45) is 0. The highest BCUT2D eigenvalue weighted by molar-refractivity contribution is 8.00. The summed E-state index contributed by atoms with van der Waals surface area (Å²) >= 11 is 1.66. The van der Waals surface area contributed by atoms with Crippen LogP contribution in [0.15, 0.2) is 24.3 Å². The number of benzene rings is 1. The molecule has 25 heavy (non-hydrogen) atoms. The number of hydrogen-bond donors (Lipinski definition) is 3. The Morgan fingerprint density at radius 1 is 1.44 bits per heavy atom. The van der Waals surface area contributed by atoms with Gasteiger partial charge in [0, 0.05) is 25.3 Å². The molecule has 0 bridgehead atoms. The lowest BCUT2D eigenvalue weighted by atomic mass is 10.1. The molecule has 1 aromatic rings. The van der Waals surface area contributed by atoms with Gasteiger partial charge in [-0.05, 0) is 19.2 Å². The molecule has 0 saturated carbocycles. The Morgan fingerprint density at radius 2 is 2.16 bits per heavy atom. The smallest absolute Gasteiger partial charge is 0.255 e. The zero-order chi connectivity index (χ0) is 18.4. The summed E-state index contributed by atoms with van der Waals surface area (Å²) in [6.45, 7) is 1.87. The van der Waals surface area contributed by atoms with Gasteiger partial charge in [-0.2, -0.15) is 0 Å². The van der Waals surface area contributed by atoms with Crippen LogP contribution in [0.2, 0.25) is 0 Å². The van der Waals surface area contributed by atoms with Crippen LogP contribution in [-0.2, 0) is 4.79 Å². The van der Waals surface area contributed by atoms with Crippen LogP contribution < -0.4 is 15.4 Å². The molecule has 3 atom stereocenters. The maximum atomic E-state index is 12.6. The first-order valence-electron chi connectivity index (χ1n) is 8.10. The van der Waals surface area contributed by atoms with E-state index in [2.05, 4.69) is 15.5 Å². The number of carbonyl (C=O) groups is 2. The number of hydrogen-bond acceptors (Lipinski definition) is 6. The van der Waals surface area contributed by atoms with Crippen LogP contribution in [-0.4, -0.2) is 72.3 Å². The lowest BCUT2D eigenvalue weighted by molar-refractivity contribution is -0.119. The fourth-order valence-corrected chi connectivity index (χ4v) is 4.37. The quantitative estimate of drug-likeness (QED) is 0.642. The summed E-state index contributed by atoms with van der Waals surface area (Å²) in [5, 5.41) is 15.4. The lowest BCUT2D eigenvalue weighted by Crippen LogP contribution is -2.52. The van der Waals surface area contributed by atoms with Gasteiger partial charge < -0.3 is 20.5 Å². The average molecular weight is 367 g/mol. The van der Waals surface area contributed by atoms with Crippen LogP contribution in [0.4, 0.5) is 0 Å². The van der Waals surface area contributed by atoms with Gasteiger partial charge in [-0.15, -0.1) is 11.8 Å².